The Hall–Kier alpha value is -3.20. The molecule has 0 spiro atoms. The first-order chi connectivity index (χ1) is 17.4. The van der Waals surface area contributed by atoms with Crippen molar-refractivity contribution in [2.24, 2.45) is 0 Å². The van der Waals surface area contributed by atoms with Crippen molar-refractivity contribution in [3.63, 3.8) is 0 Å². The number of hydrogen-bond acceptors (Lipinski definition) is 4. The zero-order valence-corrected chi connectivity index (χ0v) is 21.0. The molecule has 1 N–H and O–H groups in total. The summed E-state index contributed by atoms with van der Waals surface area (Å²) in [5.74, 6) is -1.84. The van der Waals surface area contributed by atoms with Crippen LogP contribution in [0.15, 0.2) is 36.4 Å². The van der Waals surface area contributed by atoms with Crippen LogP contribution in [0.2, 0.25) is 0 Å². The lowest BCUT2D eigenvalue weighted by molar-refractivity contribution is 0.0557. The Balaban J connectivity index is 1.51. The van der Waals surface area contributed by atoms with Crippen LogP contribution in [0.25, 0.3) is 21.5 Å². The van der Waals surface area contributed by atoms with Gasteiger partial charge in [-0.3, -0.25) is 4.79 Å². The molecule has 1 aliphatic heterocycles. The van der Waals surface area contributed by atoms with Gasteiger partial charge in [0.05, 0.1) is 20.9 Å². The van der Waals surface area contributed by atoms with Crippen LogP contribution in [0, 0.1) is 24.4 Å². The molecule has 0 radical (unpaired) electrons. The summed E-state index contributed by atoms with van der Waals surface area (Å²) in [5.41, 5.74) is 1.94. The molecule has 5 nitrogen and oxygen atoms in total. The second kappa shape index (κ2) is 10.0. The fourth-order valence-electron chi connectivity index (χ4n) is 5.16. The standard InChI is InChI=1S/C27H27F3N4OS/c1-3-6-18(26-32-21-13-19(29)20(30)14-22(21)33-26)23-7-4-5-12-34(23)27(35)24-25(36-15(2)31-24)16-8-10-17(28)11-9-16/h8-11,13-14,18,23H,3-7,12H2,1-2H3,(H,32,33). The number of nitrogens with one attached hydrogen (secondary N) is 1. The number of carbonyl (C=O) groups excluding carboxylic acids is 1. The minimum Gasteiger partial charge on any atom is -0.342 e. The molecule has 36 heavy (non-hydrogen) atoms. The number of nitrogens with zero attached hydrogens (tertiary/aromatic N) is 3. The molecule has 5 rings (SSSR count). The van der Waals surface area contributed by atoms with Gasteiger partial charge in [0.25, 0.3) is 5.91 Å². The number of fused-ring (bicyclic) bond motifs is 1. The van der Waals surface area contributed by atoms with E-state index in [9.17, 15) is 18.0 Å². The number of H-pyrrole nitrogens is 1. The Bertz CT molecular complexity index is 1360. The Labute approximate surface area is 211 Å². The number of halogens is 3. The summed E-state index contributed by atoms with van der Waals surface area (Å²) in [6, 6.07) is 8.19. The zero-order chi connectivity index (χ0) is 25.4. The number of thiazole rings is 1. The molecule has 188 valence electrons. The number of piperidine rings is 1. The van der Waals surface area contributed by atoms with Gasteiger partial charge in [-0.1, -0.05) is 25.5 Å². The first-order valence-electron chi connectivity index (χ1n) is 12.2. The van der Waals surface area contributed by atoms with Gasteiger partial charge in [-0.15, -0.1) is 11.3 Å². The first-order valence-corrected chi connectivity index (χ1v) is 13.1. The van der Waals surface area contributed by atoms with E-state index in [0.29, 0.717) is 29.1 Å². The predicted molar refractivity (Wildman–Crippen MR) is 135 cm³/mol. The van der Waals surface area contributed by atoms with Crippen molar-refractivity contribution >= 4 is 28.3 Å². The molecule has 2 aromatic heterocycles. The van der Waals surface area contributed by atoms with Crippen molar-refractivity contribution < 1.29 is 18.0 Å². The Morgan fingerprint density at radius 1 is 1.14 bits per heavy atom. The maximum Gasteiger partial charge on any atom is 0.274 e. The lowest BCUT2D eigenvalue weighted by Crippen LogP contribution is -2.47. The molecule has 1 aliphatic rings. The highest BCUT2D eigenvalue weighted by Gasteiger charge is 2.37. The van der Waals surface area contributed by atoms with Gasteiger partial charge in [-0.05, 0) is 50.3 Å². The van der Waals surface area contributed by atoms with Crippen LogP contribution in [-0.2, 0) is 0 Å². The number of hydrogen-bond donors (Lipinski definition) is 1. The van der Waals surface area contributed by atoms with Crippen molar-refractivity contribution in [3.8, 4) is 10.4 Å². The molecule has 3 heterocycles. The quantitative estimate of drug-likeness (QED) is 0.303. The van der Waals surface area contributed by atoms with Gasteiger partial charge in [-0.25, -0.2) is 23.1 Å². The fourth-order valence-corrected chi connectivity index (χ4v) is 6.07. The Morgan fingerprint density at radius 3 is 2.64 bits per heavy atom. The number of aromatic amines is 1. The van der Waals surface area contributed by atoms with E-state index in [-0.39, 0.29) is 23.7 Å². The number of likely N-dealkylation sites (tertiary alicyclic amines) is 1. The van der Waals surface area contributed by atoms with E-state index in [1.165, 1.54) is 23.5 Å². The molecule has 1 saturated heterocycles. The molecule has 0 bridgehead atoms. The van der Waals surface area contributed by atoms with Crippen LogP contribution >= 0.6 is 11.3 Å². The zero-order valence-electron chi connectivity index (χ0n) is 20.2. The van der Waals surface area contributed by atoms with Gasteiger partial charge < -0.3 is 9.88 Å². The summed E-state index contributed by atoms with van der Waals surface area (Å²) in [4.78, 5) is 28.9. The highest BCUT2D eigenvalue weighted by atomic mass is 32.1. The second-order valence-electron chi connectivity index (χ2n) is 9.28. The van der Waals surface area contributed by atoms with Gasteiger partial charge in [-0.2, -0.15) is 0 Å². The molecule has 2 unspecified atom stereocenters. The smallest absolute Gasteiger partial charge is 0.274 e. The number of carbonyl (C=O) groups is 1. The molecule has 1 amide bonds. The summed E-state index contributed by atoms with van der Waals surface area (Å²) >= 11 is 1.42. The number of rotatable bonds is 6. The van der Waals surface area contributed by atoms with E-state index in [4.69, 9.17) is 0 Å². The molecule has 0 saturated carbocycles. The van der Waals surface area contributed by atoms with Crippen molar-refractivity contribution in [2.45, 2.75) is 57.9 Å². The number of imidazole rings is 1. The maximum absolute atomic E-state index is 14.0. The van der Waals surface area contributed by atoms with E-state index < -0.39 is 11.6 Å². The average Bonchev–Trinajstić information content (AvgIpc) is 3.46. The molecule has 9 heteroatoms. The fraction of sp³-hybridized carbons (Fsp3) is 0.370. The molecule has 2 atom stereocenters. The van der Waals surface area contributed by atoms with E-state index in [1.807, 2.05) is 11.8 Å². The molecule has 0 aliphatic carbocycles. The highest BCUT2D eigenvalue weighted by Crippen LogP contribution is 2.37. The Kier molecular flexibility index (Phi) is 6.83. The lowest BCUT2D eigenvalue weighted by Gasteiger charge is -2.39. The molecule has 4 aromatic rings. The van der Waals surface area contributed by atoms with Crippen LogP contribution in [0.4, 0.5) is 13.2 Å². The number of amides is 1. The summed E-state index contributed by atoms with van der Waals surface area (Å²) in [6.45, 7) is 4.52. The minimum atomic E-state index is -0.936. The highest BCUT2D eigenvalue weighted by molar-refractivity contribution is 7.15. The molecule has 2 aromatic carbocycles. The maximum atomic E-state index is 14.0. The summed E-state index contributed by atoms with van der Waals surface area (Å²) in [5, 5.41) is 0.762. The van der Waals surface area contributed by atoms with Gasteiger partial charge in [0.15, 0.2) is 11.6 Å². The third-order valence-corrected chi connectivity index (χ3v) is 7.83. The van der Waals surface area contributed by atoms with E-state index in [0.717, 1.165) is 59.7 Å². The lowest BCUT2D eigenvalue weighted by atomic mass is 9.86. The SMILES string of the molecule is CCCC(c1nc2cc(F)c(F)cc2[nH]1)C1CCCCN1C(=O)c1nc(C)sc1-c1ccc(F)cc1. The van der Waals surface area contributed by atoms with Crippen LogP contribution in [-0.4, -0.2) is 38.3 Å². The van der Waals surface area contributed by atoms with Crippen molar-refractivity contribution in [3.05, 3.63) is 70.4 Å². The third-order valence-electron chi connectivity index (χ3n) is 6.81. The van der Waals surface area contributed by atoms with E-state index in [2.05, 4.69) is 21.9 Å². The number of aryl methyl sites for hydroxylation is 1. The minimum absolute atomic E-state index is 0.119. The third kappa shape index (κ3) is 4.64. The molecular weight excluding hydrogens is 485 g/mol. The monoisotopic (exact) mass is 512 g/mol. The van der Waals surface area contributed by atoms with Crippen LogP contribution in [0.5, 0.6) is 0 Å². The Morgan fingerprint density at radius 2 is 1.89 bits per heavy atom. The van der Waals surface area contributed by atoms with Gasteiger partial charge in [0.1, 0.15) is 17.3 Å². The van der Waals surface area contributed by atoms with Crippen LogP contribution < -0.4 is 0 Å². The summed E-state index contributed by atoms with van der Waals surface area (Å²) in [7, 11) is 0. The predicted octanol–water partition coefficient (Wildman–Crippen LogP) is 6.99. The normalized spacial score (nSPS) is 17.0. The first kappa shape index (κ1) is 24.5. The topological polar surface area (TPSA) is 61.9 Å². The van der Waals surface area contributed by atoms with Crippen molar-refractivity contribution in [1.82, 2.24) is 19.9 Å². The summed E-state index contributed by atoms with van der Waals surface area (Å²) < 4.78 is 41.1. The van der Waals surface area contributed by atoms with E-state index >= 15 is 0 Å². The van der Waals surface area contributed by atoms with Crippen LogP contribution in [0.1, 0.15) is 66.3 Å². The number of benzene rings is 2. The van der Waals surface area contributed by atoms with Crippen molar-refractivity contribution in [1.29, 1.82) is 0 Å². The van der Waals surface area contributed by atoms with Crippen LogP contribution in [0.3, 0.4) is 0 Å². The second-order valence-corrected chi connectivity index (χ2v) is 10.5. The van der Waals surface area contributed by atoms with Gasteiger partial charge in [0, 0.05) is 30.6 Å². The molecule has 1 fully saturated rings. The number of aromatic nitrogens is 3. The van der Waals surface area contributed by atoms with E-state index in [1.54, 1.807) is 12.1 Å². The molecular formula is C27H27F3N4OS. The van der Waals surface area contributed by atoms with Gasteiger partial charge >= 0.3 is 0 Å². The average molecular weight is 513 g/mol. The van der Waals surface area contributed by atoms with Crippen molar-refractivity contribution in [2.75, 3.05) is 6.54 Å². The van der Waals surface area contributed by atoms with Gasteiger partial charge in [0.2, 0.25) is 0 Å². The summed E-state index contributed by atoms with van der Waals surface area (Å²) in [6.07, 6.45) is 4.27. The largest absolute Gasteiger partial charge is 0.342 e.